The molecule has 0 saturated carbocycles. The highest BCUT2D eigenvalue weighted by Gasteiger charge is 2.14. The quantitative estimate of drug-likeness (QED) is 0.372. The zero-order chi connectivity index (χ0) is 8.91. The van der Waals surface area contributed by atoms with Crippen LogP contribution in [0.5, 0.6) is 0 Å². The Balaban J connectivity index is 3.52. The van der Waals surface area contributed by atoms with E-state index in [0.29, 0.717) is 6.42 Å². The Kier molecular flexibility index (Phi) is 4.50. The largest absolute Gasteiger partial charge is 0.746 e. The summed E-state index contributed by atoms with van der Waals surface area (Å²) >= 11 is 0. The van der Waals surface area contributed by atoms with Crippen molar-refractivity contribution in [2.75, 3.05) is 7.05 Å². The number of hydroxylamine groups is 1. The van der Waals surface area contributed by atoms with Crippen LogP contribution >= 0.6 is 0 Å². The zero-order valence-electron chi connectivity index (χ0n) is 7.05. The molecule has 1 unspecified atom stereocenters. The average molecular weight is 163 g/mol. The molecule has 0 aromatic rings. The predicted molar refractivity (Wildman–Crippen MR) is 41.4 cm³/mol. The molecular weight excluding hydrogens is 148 g/mol. The summed E-state index contributed by atoms with van der Waals surface area (Å²) in [6, 6.07) is 0. The van der Waals surface area contributed by atoms with Gasteiger partial charge in [-0.3, -0.25) is 0 Å². The molecule has 0 radical (unpaired) electrons. The Morgan fingerprint density at radius 3 is 2.64 bits per heavy atom. The summed E-state index contributed by atoms with van der Waals surface area (Å²) in [5.41, 5.74) is 9.50. The van der Waals surface area contributed by atoms with Crippen LogP contribution in [-0.4, -0.2) is 18.0 Å². The van der Waals surface area contributed by atoms with Gasteiger partial charge in [0.2, 0.25) is 0 Å². The lowest BCUT2D eigenvalue weighted by Crippen LogP contribution is -2.53. The van der Waals surface area contributed by atoms with Crippen molar-refractivity contribution in [3.05, 3.63) is 5.21 Å². The molecule has 0 fully saturated rings. The van der Waals surface area contributed by atoms with E-state index in [-0.39, 0.29) is 5.34 Å². The van der Waals surface area contributed by atoms with Gasteiger partial charge in [0.15, 0.2) is 0 Å². The third kappa shape index (κ3) is 5.08. The SMILES string of the molecule is CCC(C)(N)NON([O-])NC. The monoisotopic (exact) mass is 163 g/mol. The minimum absolute atomic E-state index is 0.181. The van der Waals surface area contributed by atoms with Crippen molar-refractivity contribution < 1.29 is 4.94 Å². The fourth-order valence-corrected chi connectivity index (χ4v) is 0.264. The summed E-state index contributed by atoms with van der Waals surface area (Å²) in [6.45, 7) is 3.60. The Hall–Kier alpha value is -0.240. The minimum atomic E-state index is -0.681. The lowest BCUT2D eigenvalue weighted by atomic mass is 10.2. The van der Waals surface area contributed by atoms with Gasteiger partial charge in [-0.2, -0.15) is 10.8 Å². The van der Waals surface area contributed by atoms with E-state index in [9.17, 15) is 5.21 Å². The van der Waals surface area contributed by atoms with Crippen LogP contribution in [0.4, 0.5) is 0 Å². The zero-order valence-corrected chi connectivity index (χ0v) is 7.05. The molecule has 0 aliphatic heterocycles. The van der Waals surface area contributed by atoms with Crippen molar-refractivity contribution in [1.29, 1.82) is 0 Å². The second kappa shape index (κ2) is 4.60. The fraction of sp³-hybridized carbons (Fsp3) is 1.00. The average Bonchev–Trinajstić information content (AvgIpc) is 2.00. The Bertz CT molecular complexity index is 109. The van der Waals surface area contributed by atoms with Crippen LogP contribution < -0.4 is 16.6 Å². The van der Waals surface area contributed by atoms with E-state index in [1.807, 2.05) is 6.92 Å². The maximum atomic E-state index is 10.4. The standard InChI is InChI=1S/C5H15N4O2/c1-4-5(2,6)8-11-9(10)7-3/h7-8H,4,6H2,1-3H3/q-1. The van der Waals surface area contributed by atoms with Crippen molar-refractivity contribution in [2.24, 2.45) is 5.73 Å². The molecule has 68 valence electrons. The van der Waals surface area contributed by atoms with Gasteiger partial charge < -0.3 is 10.9 Å². The number of hydrogen-bond acceptors (Lipinski definition) is 6. The maximum Gasteiger partial charge on any atom is 0.0885 e. The topological polar surface area (TPSA) is 85.6 Å². The smallest absolute Gasteiger partial charge is 0.0885 e. The molecule has 0 aromatic carbocycles. The normalized spacial score (nSPS) is 16.9. The van der Waals surface area contributed by atoms with Gasteiger partial charge in [0.05, 0.1) is 5.66 Å². The van der Waals surface area contributed by atoms with Crippen LogP contribution in [0.2, 0.25) is 0 Å². The lowest BCUT2D eigenvalue weighted by molar-refractivity contribution is -0.226. The first-order valence-corrected chi connectivity index (χ1v) is 3.39. The highest BCUT2D eigenvalue weighted by Crippen LogP contribution is 1.98. The number of nitrogens with two attached hydrogens (primary N) is 1. The molecule has 0 bridgehead atoms. The maximum absolute atomic E-state index is 10.4. The van der Waals surface area contributed by atoms with Crippen molar-refractivity contribution in [3.63, 3.8) is 0 Å². The molecule has 0 amide bonds. The molecule has 0 aliphatic carbocycles. The Morgan fingerprint density at radius 2 is 2.27 bits per heavy atom. The van der Waals surface area contributed by atoms with E-state index in [2.05, 4.69) is 15.8 Å². The molecule has 0 aromatic heterocycles. The summed E-state index contributed by atoms with van der Waals surface area (Å²) in [5, 5.41) is 10.6. The summed E-state index contributed by atoms with van der Waals surface area (Å²) in [4.78, 5) is 4.44. The summed E-state index contributed by atoms with van der Waals surface area (Å²) in [5.74, 6) is 0. The molecular formula is C5H15N4O2-. The lowest BCUT2D eigenvalue weighted by Gasteiger charge is -2.30. The molecule has 0 heterocycles. The van der Waals surface area contributed by atoms with Crippen LogP contribution in [0.1, 0.15) is 20.3 Å². The first-order chi connectivity index (χ1) is 5.02. The van der Waals surface area contributed by atoms with Crippen LogP contribution in [-0.2, 0) is 4.94 Å². The van der Waals surface area contributed by atoms with Gasteiger partial charge in [0.25, 0.3) is 0 Å². The molecule has 4 N–H and O–H groups in total. The first-order valence-electron chi connectivity index (χ1n) is 3.39. The van der Waals surface area contributed by atoms with E-state index in [1.54, 1.807) is 6.92 Å². The van der Waals surface area contributed by atoms with E-state index >= 15 is 0 Å². The number of rotatable bonds is 5. The summed E-state index contributed by atoms with van der Waals surface area (Å²) in [7, 11) is 1.44. The molecule has 0 aliphatic rings. The van der Waals surface area contributed by atoms with Gasteiger partial charge in [-0.05, 0) is 13.3 Å². The summed E-state index contributed by atoms with van der Waals surface area (Å²) < 4.78 is 0. The third-order valence-corrected chi connectivity index (χ3v) is 1.28. The van der Waals surface area contributed by atoms with Gasteiger partial charge in [-0.1, -0.05) is 6.92 Å². The van der Waals surface area contributed by atoms with Crippen molar-refractivity contribution in [2.45, 2.75) is 25.9 Å². The van der Waals surface area contributed by atoms with Gasteiger partial charge in [-0.15, -0.1) is 0 Å². The number of nitrogens with zero attached hydrogens (tertiary/aromatic N) is 1. The van der Waals surface area contributed by atoms with E-state index < -0.39 is 5.66 Å². The molecule has 0 saturated heterocycles. The van der Waals surface area contributed by atoms with Crippen LogP contribution in [0.15, 0.2) is 0 Å². The highest BCUT2D eigenvalue weighted by atomic mass is 17.0. The van der Waals surface area contributed by atoms with Crippen LogP contribution in [0.3, 0.4) is 0 Å². The van der Waals surface area contributed by atoms with Crippen molar-refractivity contribution >= 4 is 0 Å². The molecule has 1 atom stereocenters. The number of hydrogen-bond donors (Lipinski definition) is 3. The second-order valence-corrected chi connectivity index (χ2v) is 2.45. The molecule has 6 nitrogen and oxygen atoms in total. The van der Waals surface area contributed by atoms with Gasteiger partial charge in [0, 0.05) is 7.05 Å². The number of nitrogens with one attached hydrogen (secondary N) is 2. The van der Waals surface area contributed by atoms with Gasteiger partial charge in [0.1, 0.15) is 0 Å². The molecule has 6 heteroatoms. The Morgan fingerprint density at radius 1 is 1.73 bits per heavy atom. The van der Waals surface area contributed by atoms with Crippen molar-refractivity contribution in [1.82, 2.24) is 16.2 Å². The van der Waals surface area contributed by atoms with E-state index in [1.165, 1.54) is 7.05 Å². The van der Waals surface area contributed by atoms with Crippen molar-refractivity contribution in [3.8, 4) is 0 Å². The van der Waals surface area contributed by atoms with Gasteiger partial charge >= 0.3 is 0 Å². The fourth-order valence-electron chi connectivity index (χ4n) is 0.264. The van der Waals surface area contributed by atoms with Crippen LogP contribution in [0.25, 0.3) is 0 Å². The number of hydrazine groups is 1. The molecule has 11 heavy (non-hydrogen) atoms. The van der Waals surface area contributed by atoms with Crippen LogP contribution in [0, 0.1) is 5.21 Å². The summed E-state index contributed by atoms with van der Waals surface area (Å²) in [6.07, 6.45) is 0.657. The van der Waals surface area contributed by atoms with Gasteiger partial charge in [-0.25, -0.2) is 10.4 Å². The third-order valence-electron chi connectivity index (χ3n) is 1.28. The van der Waals surface area contributed by atoms with E-state index in [0.717, 1.165) is 0 Å². The minimum Gasteiger partial charge on any atom is -0.746 e. The molecule has 0 rings (SSSR count). The second-order valence-electron chi connectivity index (χ2n) is 2.45. The highest BCUT2D eigenvalue weighted by molar-refractivity contribution is 4.67. The first kappa shape index (κ1) is 10.8. The predicted octanol–water partition coefficient (Wildman–Crippen LogP) is -0.558. The van der Waals surface area contributed by atoms with E-state index in [4.69, 9.17) is 5.73 Å². The Labute approximate surface area is 66.1 Å². The molecule has 0 spiro atoms.